The van der Waals surface area contributed by atoms with Crippen LogP contribution in [0.4, 0.5) is 28.4 Å². The third-order valence-electron chi connectivity index (χ3n) is 12.0. The standard InChI is InChI=1S/C42H36ClN5O10/c1-4-58-33-15-9-14-28(37(33)49)35-26-16-17-27-34(40(52)45(38(27)50)25-19-31(47(54)55)36(44(2)3)32(20-25)48(56)57)29(26)21-30-39(51)46(24-13-8-12-23(43)18-24)41(53)42(30,35)22-10-6-5-7-11-22/h5-16,18-20,27,29-30,34-35,49H,4,17,21H2,1-3H3. The first-order valence-electron chi connectivity index (χ1n) is 18.6. The van der Waals surface area contributed by atoms with Gasteiger partial charge in [-0.2, -0.15) is 0 Å². The summed E-state index contributed by atoms with van der Waals surface area (Å²) in [6.45, 7) is 1.96. The van der Waals surface area contributed by atoms with E-state index < -0.39 is 79.9 Å². The molecular weight excluding hydrogens is 770 g/mol. The van der Waals surface area contributed by atoms with Crippen LogP contribution in [0.5, 0.6) is 11.5 Å². The van der Waals surface area contributed by atoms with Gasteiger partial charge in [0.2, 0.25) is 23.6 Å². The molecule has 4 aromatic carbocycles. The third-order valence-corrected chi connectivity index (χ3v) is 12.2. The molecule has 8 rings (SSSR count). The smallest absolute Gasteiger partial charge is 0.301 e. The molecule has 15 nitrogen and oxygen atoms in total. The van der Waals surface area contributed by atoms with E-state index in [1.165, 1.54) is 25.1 Å². The average Bonchev–Trinajstić information content (AvgIpc) is 3.59. The fourth-order valence-electron chi connectivity index (χ4n) is 9.84. The van der Waals surface area contributed by atoms with Crippen molar-refractivity contribution < 1.29 is 38.9 Å². The van der Waals surface area contributed by atoms with Gasteiger partial charge in [0, 0.05) is 42.7 Å². The van der Waals surface area contributed by atoms with Gasteiger partial charge >= 0.3 is 11.4 Å². The Hall–Kier alpha value is -6.61. The lowest BCUT2D eigenvalue weighted by atomic mass is 9.49. The Morgan fingerprint density at radius 2 is 1.52 bits per heavy atom. The predicted molar refractivity (Wildman–Crippen MR) is 212 cm³/mol. The van der Waals surface area contributed by atoms with Crippen LogP contribution in [0.1, 0.15) is 36.8 Å². The van der Waals surface area contributed by atoms with Crippen molar-refractivity contribution in [2.45, 2.75) is 31.1 Å². The number of nitro benzene ring substituents is 2. The number of hydrogen-bond acceptors (Lipinski definition) is 11. The highest BCUT2D eigenvalue weighted by atomic mass is 35.5. The van der Waals surface area contributed by atoms with Gasteiger partial charge in [0.05, 0.1) is 51.0 Å². The molecule has 1 saturated carbocycles. The molecule has 16 heteroatoms. The van der Waals surface area contributed by atoms with Crippen molar-refractivity contribution in [1.29, 1.82) is 0 Å². The molecule has 2 aliphatic carbocycles. The zero-order valence-corrected chi connectivity index (χ0v) is 32.2. The van der Waals surface area contributed by atoms with Crippen molar-refractivity contribution in [1.82, 2.24) is 0 Å². The van der Waals surface area contributed by atoms with Gasteiger partial charge in [-0.15, -0.1) is 0 Å². The van der Waals surface area contributed by atoms with Crippen molar-refractivity contribution >= 4 is 63.7 Å². The highest BCUT2D eigenvalue weighted by Gasteiger charge is 2.70. The number of carbonyl (C=O) groups is 4. The fraction of sp³-hybridized carbons (Fsp3) is 0.286. The van der Waals surface area contributed by atoms with E-state index in [0.29, 0.717) is 11.1 Å². The van der Waals surface area contributed by atoms with Crippen molar-refractivity contribution in [3.8, 4) is 11.5 Å². The quantitative estimate of drug-likeness (QED) is 0.0819. The Morgan fingerprint density at radius 1 is 0.845 bits per heavy atom. The van der Waals surface area contributed by atoms with Gasteiger partial charge in [-0.1, -0.05) is 71.8 Å². The highest BCUT2D eigenvalue weighted by Crippen LogP contribution is 2.66. The Bertz CT molecular complexity index is 2460. The second-order valence-electron chi connectivity index (χ2n) is 15.0. The SMILES string of the molecule is CCOc1cccc(C2C3=CCC4C(=O)N(c5cc([N+](=O)[O-])c(N(C)C)c([N+](=O)[O-])c5)C(=O)C4C3CC3C(=O)N(c4cccc(Cl)c4)C(=O)C32c2ccccc2)c1O. The molecule has 2 saturated heterocycles. The van der Waals surface area contributed by atoms with Crippen molar-refractivity contribution in [3.63, 3.8) is 0 Å². The topological polar surface area (TPSA) is 194 Å². The molecular formula is C42H36ClN5O10. The van der Waals surface area contributed by atoms with E-state index in [2.05, 4.69) is 0 Å². The predicted octanol–water partition coefficient (Wildman–Crippen LogP) is 6.69. The normalized spacial score (nSPS) is 24.9. The number of nitrogens with zero attached hydrogens (tertiary/aromatic N) is 5. The molecule has 6 atom stereocenters. The maximum absolute atomic E-state index is 15.5. The number of para-hydroxylation sites is 1. The van der Waals surface area contributed by atoms with Gasteiger partial charge in [-0.3, -0.25) is 39.4 Å². The molecule has 2 aliphatic heterocycles. The number of imide groups is 2. The summed E-state index contributed by atoms with van der Waals surface area (Å²) in [5, 5.41) is 36.8. The number of phenols is 1. The van der Waals surface area contributed by atoms with Gasteiger partial charge in [-0.05, 0) is 55.5 Å². The Labute approximate surface area is 336 Å². The average molecular weight is 806 g/mol. The van der Waals surface area contributed by atoms with Crippen LogP contribution in [0.15, 0.2) is 96.6 Å². The van der Waals surface area contributed by atoms with Crippen LogP contribution in [0.3, 0.4) is 0 Å². The molecule has 0 bridgehead atoms. The number of halogens is 1. The number of allylic oxidation sites excluding steroid dienone is 2. The number of nitro groups is 2. The molecule has 4 aliphatic rings. The highest BCUT2D eigenvalue weighted by molar-refractivity contribution is 6.32. The number of benzene rings is 4. The summed E-state index contributed by atoms with van der Waals surface area (Å²) in [7, 11) is 2.81. The second kappa shape index (κ2) is 14.1. The monoisotopic (exact) mass is 805 g/mol. The summed E-state index contributed by atoms with van der Waals surface area (Å²) in [6, 6.07) is 22.0. The molecule has 4 aromatic rings. The van der Waals surface area contributed by atoms with Gasteiger partial charge in [-0.25, -0.2) is 9.80 Å². The van der Waals surface area contributed by atoms with Crippen LogP contribution in [0, 0.1) is 43.9 Å². The molecule has 6 unspecified atom stereocenters. The van der Waals surface area contributed by atoms with E-state index in [0.717, 1.165) is 21.9 Å². The molecule has 0 radical (unpaired) electrons. The summed E-state index contributed by atoms with van der Waals surface area (Å²) in [5.41, 5.74) is -2.12. The molecule has 1 N–H and O–H groups in total. The molecule has 0 aromatic heterocycles. The van der Waals surface area contributed by atoms with Crippen LogP contribution >= 0.6 is 11.6 Å². The summed E-state index contributed by atoms with van der Waals surface area (Å²) in [6.07, 6.45) is 1.72. The van der Waals surface area contributed by atoms with E-state index in [1.54, 1.807) is 79.7 Å². The summed E-state index contributed by atoms with van der Waals surface area (Å²) < 4.78 is 5.79. The van der Waals surface area contributed by atoms with Crippen molar-refractivity contribution in [2.24, 2.45) is 23.7 Å². The van der Waals surface area contributed by atoms with Crippen LogP contribution in [-0.2, 0) is 24.6 Å². The lowest BCUT2D eigenvalue weighted by Gasteiger charge is -2.50. The molecule has 4 amide bonds. The molecule has 58 heavy (non-hydrogen) atoms. The number of anilines is 3. The Kier molecular flexibility index (Phi) is 9.30. The molecule has 3 fully saturated rings. The number of fused-ring (bicyclic) bond motifs is 4. The number of phenolic OH excluding ortho intramolecular Hbond substituents is 1. The molecule has 296 valence electrons. The zero-order valence-electron chi connectivity index (χ0n) is 31.4. The van der Waals surface area contributed by atoms with Crippen molar-refractivity contribution in [3.05, 3.63) is 133 Å². The van der Waals surface area contributed by atoms with Crippen LogP contribution < -0.4 is 19.4 Å². The van der Waals surface area contributed by atoms with E-state index >= 15 is 9.59 Å². The minimum Gasteiger partial charge on any atom is -0.504 e. The second-order valence-corrected chi connectivity index (χ2v) is 15.4. The van der Waals surface area contributed by atoms with Crippen molar-refractivity contribution in [2.75, 3.05) is 35.4 Å². The number of aromatic hydroxyl groups is 1. The Balaban J connectivity index is 1.34. The van der Waals surface area contributed by atoms with Crippen LogP contribution in [0.2, 0.25) is 5.02 Å². The van der Waals surface area contributed by atoms with Gasteiger partial charge in [0.1, 0.15) is 0 Å². The lowest BCUT2D eigenvalue weighted by molar-refractivity contribution is -0.392. The van der Waals surface area contributed by atoms with Gasteiger partial charge in [0.15, 0.2) is 17.2 Å². The van der Waals surface area contributed by atoms with E-state index in [9.17, 15) is 34.9 Å². The summed E-state index contributed by atoms with van der Waals surface area (Å²) in [4.78, 5) is 85.6. The zero-order chi connectivity index (χ0) is 41.4. The van der Waals surface area contributed by atoms with E-state index in [4.69, 9.17) is 16.3 Å². The number of carbonyl (C=O) groups excluding carboxylic acids is 4. The van der Waals surface area contributed by atoms with Crippen LogP contribution in [-0.4, -0.2) is 59.3 Å². The minimum absolute atomic E-state index is 0.00433. The third kappa shape index (κ3) is 5.47. The number of hydrogen-bond donors (Lipinski definition) is 1. The van der Waals surface area contributed by atoms with E-state index in [-0.39, 0.29) is 58.6 Å². The summed E-state index contributed by atoms with van der Waals surface area (Å²) >= 11 is 6.39. The van der Waals surface area contributed by atoms with Gasteiger partial charge in [0.25, 0.3) is 0 Å². The first kappa shape index (κ1) is 38.3. The van der Waals surface area contributed by atoms with Gasteiger partial charge < -0.3 is 14.7 Å². The number of ether oxygens (including phenoxy) is 1. The molecule has 0 spiro atoms. The first-order chi connectivity index (χ1) is 27.7. The maximum atomic E-state index is 15.5. The molecule has 2 heterocycles. The van der Waals surface area contributed by atoms with E-state index in [1.807, 2.05) is 0 Å². The first-order valence-corrected chi connectivity index (χ1v) is 19.0. The fourth-order valence-corrected chi connectivity index (χ4v) is 10.0. The minimum atomic E-state index is -1.67. The number of rotatable bonds is 9. The lowest BCUT2D eigenvalue weighted by Crippen LogP contribution is -2.53. The Morgan fingerprint density at radius 3 is 2.14 bits per heavy atom. The van der Waals surface area contributed by atoms with Crippen LogP contribution in [0.25, 0.3) is 0 Å². The number of amides is 4. The summed E-state index contributed by atoms with van der Waals surface area (Å²) in [5.74, 6) is -7.92. The largest absolute Gasteiger partial charge is 0.504 e. The maximum Gasteiger partial charge on any atom is 0.301 e.